The van der Waals surface area contributed by atoms with E-state index in [4.69, 9.17) is 0 Å². The zero-order valence-corrected chi connectivity index (χ0v) is 13.7. The first-order valence-corrected chi connectivity index (χ1v) is 7.93. The Kier molecular flexibility index (Phi) is 3.96. The normalized spacial score (nSPS) is 10.6. The van der Waals surface area contributed by atoms with Crippen molar-refractivity contribution in [1.82, 2.24) is 24.9 Å². The number of nitrogens with zero attached hydrogens (tertiary/aromatic N) is 5. The fraction of sp³-hybridized carbons (Fsp3) is 0.0500. The van der Waals surface area contributed by atoms with Crippen LogP contribution in [0.5, 0.6) is 0 Å². The van der Waals surface area contributed by atoms with Gasteiger partial charge in [-0.2, -0.15) is 0 Å². The van der Waals surface area contributed by atoms with Crippen molar-refractivity contribution in [2.24, 2.45) is 0 Å². The molecule has 0 spiro atoms. The van der Waals surface area contributed by atoms with Gasteiger partial charge in [-0.05, 0) is 37.3 Å². The molecule has 0 aliphatic heterocycles. The van der Waals surface area contributed by atoms with E-state index >= 15 is 0 Å². The summed E-state index contributed by atoms with van der Waals surface area (Å²) in [5.41, 5.74) is 3.81. The van der Waals surface area contributed by atoms with Gasteiger partial charge in [-0.3, -0.25) is 9.97 Å². The molecule has 3 aromatic heterocycles. The molecule has 0 amide bonds. The van der Waals surface area contributed by atoms with Crippen LogP contribution in [0.1, 0.15) is 5.56 Å². The second-order valence-electron chi connectivity index (χ2n) is 5.66. The lowest BCUT2D eigenvalue weighted by atomic mass is 10.1. The van der Waals surface area contributed by atoms with Crippen LogP contribution < -0.4 is 0 Å². The molecule has 0 aliphatic rings. The third-order valence-electron chi connectivity index (χ3n) is 3.75. The average molecular weight is 325 g/mol. The minimum atomic E-state index is 0.596. The van der Waals surface area contributed by atoms with Gasteiger partial charge in [0.05, 0.1) is 0 Å². The van der Waals surface area contributed by atoms with E-state index in [-0.39, 0.29) is 0 Å². The Morgan fingerprint density at radius 3 is 1.60 bits per heavy atom. The standard InChI is InChI=1S/C20H15N5/c1-14-5-2-6-15(11-14)18-23-19(16-7-3-9-21-12-16)25-20(24-18)17-8-4-10-22-13-17/h2-13H,1H3. The summed E-state index contributed by atoms with van der Waals surface area (Å²) in [4.78, 5) is 22.3. The fourth-order valence-corrected chi connectivity index (χ4v) is 2.54. The molecule has 0 bridgehead atoms. The van der Waals surface area contributed by atoms with Crippen LogP contribution in [0.25, 0.3) is 34.2 Å². The van der Waals surface area contributed by atoms with E-state index in [1.54, 1.807) is 24.8 Å². The van der Waals surface area contributed by atoms with Crippen molar-refractivity contribution in [2.45, 2.75) is 6.92 Å². The van der Waals surface area contributed by atoms with Gasteiger partial charge in [0.2, 0.25) is 0 Å². The zero-order valence-electron chi connectivity index (χ0n) is 13.7. The summed E-state index contributed by atoms with van der Waals surface area (Å²) in [7, 11) is 0. The van der Waals surface area contributed by atoms with Crippen LogP contribution in [0.4, 0.5) is 0 Å². The molecule has 4 aromatic rings. The van der Waals surface area contributed by atoms with Gasteiger partial charge in [0.25, 0.3) is 0 Å². The van der Waals surface area contributed by atoms with Crippen LogP contribution in [0.3, 0.4) is 0 Å². The highest BCUT2D eigenvalue weighted by atomic mass is 15.0. The van der Waals surface area contributed by atoms with Crippen LogP contribution in [-0.4, -0.2) is 24.9 Å². The summed E-state index contributed by atoms with van der Waals surface area (Å²) < 4.78 is 0. The molecule has 1 aromatic carbocycles. The fourth-order valence-electron chi connectivity index (χ4n) is 2.54. The summed E-state index contributed by atoms with van der Waals surface area (Å²) in [6.07, 6.45) is 6.97. The van der Waals surface area contributed by atoms with Gasteiger partial charge in [-0.15, -0.1) is 0 Å². The van der Waals surface area contributed by atoms with Gasteiger partial charge in [-0.1, -0.05) is 23.8 Å². The largest absolute Gasteiger partial charge is 0.264 e. The molecule has 0 aliphatic carbocycles. The molecule has 25 heavy (non-hydrogen) atoms. The highest BCUT2D eigenvalue weighted by molar-refractivity contribution is 5.65. The molecule has 0 fully saturated rings. The summed E-state index contributed by atoms with van der Waals surface area (Å²) in [6.45, 7) is 2.05. The van der Waals surface area contributed by atoms with Crippen molar-refractivity contribution in [2.75, 3.05) is 0 Å². The monoisotopic (exact) mass is 325 g/mol. The van der Waals surface area contributed by atoms with Crippen LogP contribution in [-0.2, 0) is 0 Å². The van der Waals surface area contributed by atoms with Crippen molar-refractivity contribution in [3.8, 4) is 34.2 Å². The number of hydrogen-bond acceptors (Lipinski definition) is 5. The van der Waals surface area contributed by atoms with Crippen LogP contribution >= 0.6 is 0 Å². The van der Waals surface area contributed by atoms with Gasteiger partial charge in [0, 0.05) is 41.5 Å². The van der Waals surface area contributed by atoms with Crippen molar-refractivity contribution in [3.63, 3.8) is 0 Å². The minimum absolute atomic E-state index is 0.596. The van der Waals surface area contributed by atoms with Crippen molar-refractivity contribution < 1.29 is 0 Å². The topological polar surface area (TPSA) is 64.5 Å². The molecule has 0 saturated carbocycles. The lowest BCUT2D eigenvalue weighted by Gasteiger charge is -2.08. The Morgan fingerprint density at radius 2 is 1.12 bits per heavy atom. The van der Waals surface area contributed by atoms with E-state index in [0.29, 0.717) is 17.5 Å². The minimum Gasteiger partial charge on any atom is -0.264 e. The number of pyridine rings is 2. The first kappa shape index (κ1) is 15.1. The first-order valence-electron chi connectivity index (χ1n) is 7.93. The third-order valence-corrected chi connectivity index (χ3v) is 3.75. The molecular formula is C20H15N5. The van der Waals surface area contributed by atoms with Crippen LogP contribution in [0.15, 0.2) is 73.3 Å². The molecule has 5 nitrogen and oxygen atoms in total. The highest BCUT2D eigenvalue weighted by Crippen LogP contribution is 2.24. The molecule has 0 radical (unpaired) electrons. The number of aryl methyl sites for hydroxylation is 1. The molecule has 0 saturated heterocycles. The van der Waals surface area contributed by atoms with E-state index in [0.717, 1.165) is 22.3 Å². The smallest absolute Gasteiger partial charge is 0.165 e. The molecule has 0 N–H and O–H groups in total. The second kappa shape index (κ2) is 6.57. The lowest BCUT2D eigenvalue weighted by Crippen LogP contribution is -2.00. The Labute approximate surface area is 145 Å². The molecule has 3 heterocycles. The number of aromatic nitrogens is 5. The van der Waals surface area contributed by atoms with E-state index in [1.807, 2.05) is 36.4 Å². The Morgan fingerprint density at radius 1 is 0.600 bits per heavy atom. The van der Waals surface area contributed by atoms with Gasteiger partial charge < -0.3 is 0 Å². The molecule has 4 rings (SSSR count). The SMILES string of the molecule is Cc1cccc(-c2nc(-c3cccnc3)nc(-c3cccnc3)n2)c1. The second-order valence-corrected chi connectivity index (χ2v) is 5.66. The number of hydrogen-bond donors (Lipinski definition) is 0. The molecule has 5 heteroatoms. The maximum Gasteiger partial charge on any atom is 0.165 e. The molecular weight excluding hydrogens is 310 g/mol. The predicted octanol–water partition coefficient (Wildman–Crippen LogP) is 3.97. The van der Waals surface area contributed by atoms with Gasteiger partial charge in [0.1, 0.15) is 0 Å². The Balaban J connectivity index is 1.92. The number of benzene rings is 1. The van der Waals surface area contributed by atoms with E-state index in [1.165, 1.54) is 0 Å². The maximum atomic E-state index is 4.66. The third kappa shape index (κ3) is 3.26. The summed E-state index contributed by atoms with van der Waals surface area (Å²) in [5, 5.41) is 0. The number of rotatable bonds is 3. The van der Waals surface area contributed by atoms with Crippen molar-refractivity contribution >= 4 is 0 Å². The summed E-state index contributed by atoms with van der Waals surface area (Å²) in [5.74, 6) is 1.83. The molecule has 0 unspecified atom stereocenters. The van der Waals surface area contributed by atoms with Gasteiger partial charge >= 0.3 is 0 Å². The maximum absolute atomic E-state index is 4.66. The quantitative estimate of drug-likeness (QED) is 0.570. The van der Waals surface area contributed by atoms with Crippen LogP contribution in [0, 0.1) is 6.92 Å². The first-order chi connectivity index (χ1) is 12.3. The van der Waals surface area contributed by atoms with E-state index in [9.17, 15) is 0 Å². The van der Waals surface area contributed by atoms with Gasteiger partial charge in [0.15, 0.2) is 17.5 Å². The lowest BCUT2D eigenvalue weighted by molar-refractivity contribution is 1.07. The summed E-state index contributed by atoms with van der Waals surface area (Å²) in [6, 6.07) is 15.7. The van der Waals surface area contributed by atoms with Gasteiger partial charge in [-0.25, -0.2) is 15.0 Å². The van der Waals surface area contributed by atoms with Crippen molar-refractivity contribution in [3.05, 3.63) is 78.9 Å². The van der Waals surface area contributed by atoms with Crippen LogP contribution in [0.2, 0.25) is 0 Å². The zero-order chi connectivity index (χ0) is 17.1. The van der Waals surface area contributed by atoms with E-state index < -0.39 is 0 Å². The van der Waals surface area contributed by atoms with Crippen molar-refractivity contribution in [1.29, 1.82) is 0 Å². The predicted molar refractivity (Wildman–Crippen MR) is 96.5 cm³/mol. The highest BCUT2D eigenvalue weighted by Gasteiger charge is 2.12. The summed E-state index contributed by atoms with van der Waals surface area (Å²) >= 11 is 0. The van der Waals surface area contributed by atoms with E-state index in [2.05, 4.69) is 44.0 Å². The Hall–Kier alpha value is -3.47. The molecule has 0 atom stereocenters. The molecule has 120 valence electrons. The average Bonchev–Trinajstić information content (AvgIpc) is 2.69. The Bertz CT molecular complexity index is 943.